The number of carbonyl (C=O) groups excluding carboxylic acids is 2. The molecule has 0 aliphatic carbocycles. The van der Waals surface area contributed by atoms with Crippen LogP contribution in [-0.4, -0.2) is 33.9 Å². The average Bonchev–Trinajstić information content (AvgIpc) is 3.36. The van der Waals surface area contributed by atoms with Crippen LogP contribution in [0.2, 0.25) is 15.1 Å². The maximum Gasteiger partial charge on any atom is 0.301 e. The Kier molecular flexibility index (Phi) is 6.38. The average molecular weight is 561 g/mol. The van der Waals surface area contributed by atoms with Gasteiger partial charge in [0.1, 0.15) is 17.6 Å². The number of aryl methyl sites for hydroxylation is 1. The Morgan fingerprint density at radius 1 is 1.11 bits per heavy atom. The molecule has 1 N–H and O–H groups in total. The quantitative estimate of drug-likeness (QED) is 0.172. The molecule has 1 aliphatic rings. The van der Waals surface area contributed by atoms with E-state index in [4.69, 9.17) is 39.5 Å². The number of anilines is 1. The molecule has 11 heteroatoms. The van der Waals surface area contributed by atoms with Gasteiger partial charge in [-0.05, 0) is 48.9 Å². The fourth-order valence-corrected chi connectivity index (χ4v) is 5.88. The number of carbonyl (C=O) groups is 2. The molecule has 1 unspecified atom stereocenters. The van der Waals surface area contributed by atoms with E-state index in [0.717, 1.165) is 10.3 Å². The van der Waals surface area contributed by atoms with Crippen molar-refractivity contribution >= 4 is 78.9 Å². The molecule has 0 radical (unpaired) electrons. The molecule has 0 bridgehead atoms. The maximum absolute atomic E-state index is 13.4. The number of aliphatic hydroxyl groups excluding tert-OH is 1. The Morgan fingerprint density at radius 3 is 2.58 bits per heavy atom. The lowest BCUT2D eigenvalue weighted by atomic mass is 9.98. The van der Waals surface area contributed by atoms with Crippen molar-refractivity contribution in [3.8, 4) is 5.75 Å². The Labute approximate surface area is 224 Å². The number of hydrogen-bond acceptors (Lipinski definition) is 7. The first-order chi connectivity index (χ1) is 17.2. The predicted molar refractivity (Wildman–Crippen MR) is 141 cm³/mol. The van der Waals surface area contributed by atoms with Crippen LogP contribution in [0.5, 0.6) is 5.75 Å². The van der Waals surface area contributed by atoms with Gasteiger partial charge in [0.05, 0.1) is 39.2 Å². The molecule has 2 aromatic carbocycles. The van der Waals surface area contributed by atoms with Gasteiger partial charge >= 0.3 is 5.91 Å². The number of amides is 1. The second-order valence-corrected chi connectivity index (χ2v) is 10.2. The first-order valence-corrected chi connectivity index (χ1v) is 12.5. The summed E-state index contributed by atoms with van der Waals surface area (Å²) in [4.78, 5) is 37.0. The van der Waals surface area contributed by atoms with Crippen molar-refractivity contribution in [2.45, 2.75) is 13.0 Å². The standard InChI is InChI=1S/C25H16Cl3N3O4S/c1-11-7-18-17(10-14(11)27)30-25(36-18)31-20(16-5-3-4-6-29-16)19(22(33)24(31)34)21(32)13-8-12(26)9-15(28)23(13)35-2/h3-10,20,32H,1-2H3/b21-19+. The minimum Gasteiger partial charge on any atom is -0.507 e. The highest BCUT2D eigenvalue weighted by Crippen LogP contribution is 2.46. The van der Waals surface area contributed by atoms with Crippen LogP contribution in [-0.2, 0) is 9.59 Å². The molecule has 3 heterocycles. The van der Waals surface area contributed by atoms with Crippen LogP contribution >= 0.6 is 46.1 Å². The van der Waals surface area contributed by atoms with E-state index in [-0.39, 0.29) is 32.1 Å². The highest BCUT2D eigenvalue weighted by molar-refractivity contribution is 7.22. The summed E-state index contributed by atoms with van der Waals surface area (Å²) in [5.41, 5.74) is 1.67. The fourth-order valence-electron chi connectivity index (χ4n) is 4.08. The van der Waals surface area contributed by atoms with Gasteiger partial charge in [-0.3, -0.25) is 19.5 Å². The molecule has 0 spiro atoms. The Hall–Kier alpha value is -3.17. The summed E-state index contributed by atoms with van der Waals surface area (Å²) >= 11 is 19.9. The monoisotopic (exact) mass is 559 g/mol. The number of thiazole rings is 1. The summed E-state index contributed by atoms with van der Waals surface area (Å²) in [5, 5.41) is 12.5. The SMILES string of the molecule is COc1c(Cl)cc(Cl)cc1/C(O)=C1\C(=O)C(=O)N(c2nc3cc(Cl)c(C)cc3s2)C1c1ccccn1. The largest absolute Gasteiger partial charge is 0.507 e. The van der Waals surface area contributed by atoms with Gasteiger partial charge in [-0.15, -0.1) is 0 Å². The second-order valence-electron chi connectivity index (χ2n) is 7.96. The Balaban J connectivity index is 1.77. The fraction of sp³-hybridized carbons (Fsp3) is 0.120. The van der Waals surface area contributed by atoms with E-state index < -0.39 is 23.5 Å². The number of aromatic nitrogens is 2. The van der Waals surface area contributed by atoms with E-state index in [1.807, 2.05) is 13.0 Å². The van der Waals surface area contributed by atoms with Crippen LogP contribution in [0.4, 0.5) is 5.13 Å². The summed E-state index contributed by atoms with van der Waals surface area (Å²) in [6, 6.07) is 10.5. The number of benzene rings is 2. The van der Waals surface area contributed by atoms with Crippen LogP contribution in [0.3, 0.4) is 0 Å². The van der Waals surface area contributed by atoms with Gasteiger partial charge in [0.2, 0.25) is 0 Å². The molecule has 36 heavy (non-hydrogen) atoms. The zero-order valence-corrected chi connectivity index (χ0v) is 21.8. The number of fused-ring (bicyclic) bond motifs is 1. The molecule has 4 aromatic rings. The van der Waals surface area contributed by atoms with Crippen LogP contribution < -0.4 is 9.64 Å². The van der Waals surface area contributed by atoms with Gasteiger partial charge < -0.3 is 9.84 Å². The number of nitrogens with zero attached hydrogens (tertiary/aromatic N) is 3. The Morgan fingerprint density at radius 2 is 1.89 bits per heavy atom. The molecule has 2 aromatic heterocycles. The summed E-state index contributed by atoms with van der Waals surface area (Å²) < 4.78 is 6.14. The number of methoxy groups -OCH3 is 1. The molecular formula is C25H16Cl3N3O4S. The highest BCUT2D eigenvalue weighted by atomic mass is 35.5. The van der Waals surface area contributed by atoms with Crippen LogP contribution in [0.25, 0.3) is 16.0 Å². The van der Waals surface area contributed by atoms with E-state index >= 15 is 0 Å². The van der Waals surface area contributed by atoms with Crippen LogP contribution in [0.1, 0.15) is 22.9 Å². The van der Waals surface area contributed by atoms with Crippen LogP contribution in [0, 0.1) is 6.92 Å². The van der Waals surface area contributed by atoms with E-state index in [1.54, 1.807) is 24.3 Å². The van der Waals surface area contributed by atoms with Crippen molar-refractivity contribution in [1.29, 1.82) is 0 Å². The lowest BCUT2D eigenvalue weighted by molar-refractivity contribution is -0.132. The molecule has 1 amide bonds. The third kappa shape index (κ3) is 4.00. The summed E-state index contributed by atoms with van der Waals surface area (Å²) in [5.74, 6) is -2.15. The van der Waals surface area contributed by atoms with Gasteiger partial charge in [0, 0.05) is 16.2 Å². The minimum absolute atomic E-state index is 0.0700. The molecule has 0 saturated carbocycles. The van der Waals surface area contributed by atoms with Crippen molar-refractivity contribution in [3.05, 3.63) is 86.1 Å². The number of halogens is 3. The highest BCUT2D eigenvalue weighted by Gasteiger charge is 2.49. The normalized spacial score (nSPS) is 17.2. The van der Waals surface area contributed by atoms with Crippen molar-refractivity contribution in [2.24, 2.45) is 0 Å². The molecule has 1 atom stereocenters. The summed E-state index contributed by atoms with van der Waals surface area (Å²) in [6.45, 7) is 1.87. The number of rotatable bonds is 4. The van der Waals surface area contributed by atoms with Gasteiger partial charge in [0.25, 0.3) is 5.78 Å². The van der Waals surface area contributed by atoms with Crippen molar-refractivity contribution < 1.29 is 19.4 Å². The van der Waals surface area contributed by atoms with E-state index in [2.05, 4.69) is 9.97 Å². The zero-order valence-electron chi connectivity index (χ0n) is 18.8. The topological polar surface area (TPSA) is 92.6 Å². The molecular weight excluding hydrogens is 545 g/mol. The van der Waals surface area contributed by atoms with E-state index in [9.17, 15) is 14.7 Å². The number of Topliss-reactive ketones (excluding diaryl/α,β-unsaturated/α-hetero) is 1. The summed E-state index contributed by atoms with van der Waals surface area (Å²) in [6.07, 6.45) is 1.54. The number of pyridine rings is 1. The minimum atomic E-state index is -1.06. The van der Waals surface area contributed by atoms with Gasteiger partial charge in [-0.25, -0.2) is 4.98 Å². The molecule has 182 valence electrons. The Bertz CT molecular complexity index is 1550. The molecule has 1 aliphatic heterocycles. The second kappa shape index (κ2) is 9.37. The molecule has 1 fully saturated rings. The molecule has 5 rings (SSSR count). The lowest BCUT2D eigenvalue weighted by Gasteiger charge is -2.22. The molecule has 7 nitrogen and oxygen atoms in total. The third-order valence-electron chi connectivity index (χ3n) is 5.74. The van der Waals surface area contributed by atoms with Crippen molar-refractivity contribution in [2.75, 3.05) is 12.0 Å². The van der Waals surface area contributed by atoms with Crippen molar-refractivity contribution in [1.82, 2.24) is 9.97 Å². The van der Waals surface area contributed by atoms with Gasteiger partial charge in [-0.2, -0.15) is 0 Å². The third-order valence-corrected chi connectivity index (χ3v) is 7.67. The summed E-state index contributed by atoms with van der Waals surface area (Å²) in [7, 11) is 1.37. The first-order valence-electron chi connectivity index (χ1n) is 10.5. The lowest BCUT2D eigenvalue weighted by Crippen LogP contribution is -2.29. The number of ether oxygens (including phenoxy) is 1. The first kappa shape index (κ1) is 24.5. The van der Waals surface area contributed by atoms with Gasteiger partial charge in [-0.1, -0.05) is 52.2 Å². The van der Waals surface area contributed by atoms with Gasteiger partial charge in [0.15, 0.2) is 5.13 Å². The van der Waals surface area contributed by atoms with Crippen molar-refractivity contribution in [3.63, 3.8) is 0 Å². The van der Waals surface area contributed by atoms with E-state index in [1.165, 1.54) is 41.7 Å². The number of hydrogen-bond donors (Lipinski definition) is 1. The number of ketones is 1. The van der Waals surface area contributed by atoms with Crippen LogP contribution in [0.15, 0.2) is 54.2 Å². The zero-order chi connectivity index (χ0) is 25.7. The molecule has 1 saturated heterocycles. The van der Waals surface area contributed by atoms with E-state index in [0.29, 0.717) is 16.2 Å². The number of aliphatic hydroxyl groups is 1. The maximum atomic E-state index is 13.4. The predicted octanol–water partition coefficient (Wildman–Crippen LogP) is 6.59. The smallest absolute Gasteiger partial charge is 0.301 e.